The van der Waals surface area contributed by atoms with Crippen molar-refractivity contribution in [3.63, 3.8) is 0 Å². The highest BCUT2D eigenvalue weighted by Gasteiger charge is 2.34. The smallest absolute Gasteiger partial charge is 0.331 e. The second kappa shape index (κ2) is 7.22. The van der Waals surface area contributed by atoms with E-state index in [4.69, 9.17) is 12.2 Å². The van der Waals surface area contributed by atoms with Crippen LogP contribution in [0.1, 0.15) is 12.5 Å². The summed E-state index contributed by atoms with van der Waals surface area (Å²) < 4.78 is 38.1. The van der Waals surface area contributed by atoms with Crippen LogP contribution in [0.15, 0.2) is 27.8 Å². The molecule has 1 rings (SSSR count). The largest absolute Gasteiger partial charge is 0.396 e. The Morgan fingerprint density at radius 1 is 1.48 bits per heavy atom. The summed E-state index contributed by atoms with van der Waals surface area (Å²) in [7, 11) is 1.49. The molecular formula is C13H15BrF3N3S. The number of anilines is 1. The molecule has 0 fully saturated rings. The predicted molar refractivity (Wildman–Crippen MR) is 86.6 cm³/mol. The van der Waals surface area contributed by atoms with Crippen molar-refractivity contribution in [3.8, 4) is 0 Å². The van der Waals surface area contributed by atoms with Crippen LogP contribution in [0.5, 0.6) is 0 Å². The maximum atomic E-state index is 12.4. The summed E-state index contributed by atoms with van der Waals surface area (Å²) in [5, 5.41) is 8.06. The first-order chi connectivity index (χ1) is 9.61. The summed E-state index contributed by atoms with van der Waals surface area (Å²) in [4.78, 5) is 0. The second-order valence-corrected chi connectivity index (χ2v) is 5.81. The quantitative estimate of drug-likeness (QED) is 0.472. The Labute approximate surface area is 135 Å². The van der Waals surface area contributed by atoms with Crippen LogP contribution in [-0.2, 0) is 0 Å². The van der Waals surface area contributed by atoms with E-state index in [0.717, 1.165) is 28.9 Å². The van der Waals surface area contributed by atoms with Gasteiger partial charge in [0, 0.05) is 23.4 Å². The van der Waals surface area contributed by atoms with Crippen LogP contribution in [0, 0.1) is 12.8 Å². The van der Waals surface area contributed by atoms with Gasteiger partial charge >= 0.3 is 6.18 Å². The molecule has 0 aromatic heterocycles. The number of hydrogen-bond donors (Lipinski definition) is 1. The number of rotatable bonds is 3. The predicted octanol–water partition coefficient (Wildman–Crippen LogP) is 4.57. The minimum atomic E-state index is -4.30. The Morgan fingerprint density at radius 2 is 2.10 bits per heavy atom. The Hall–Kier alpha value is -1.15. The van der Waals surface area contributed by atoms with Crippen LogP contribution in [-0.4, -0.2) is 29.6 Å². The van der Waals surface area contributed by atoms with E-state index in [2.05, 4.69) is 26.3 Å². The topological polar surface area (TPSA) is 27.6 Å². The molecular weight excluding hydrogens is 367 g/mol. The fourth-order valence-electron chi connectivity index (χ4n) is 1.30. The average Bonchev–Trinajstić information content (AvgIpc) is 2.37. The fraction of sp³-hybridized carbons (Fsp3) is 0.385. The highest BCUT2D eigenvalue weighted by atomic mass is 79.9. The number of nitrogens with zero attached hydrogens (tertiary/aromatic N) is 2. The summed E-state index contributed by atoms with van der Waals surface area (Å²) in [6, 6.07) is 5.56. The first kappa shape index (κ1) is 17.9. The highest BCUT2D eigenvalue weighted by Crippen LogP contribution is 2.24. The van der Waals surface area contributed by atoms with Crippen molar-refractivity contribution < 1.29 is 13.2 Å². The lowest BCUT2D eigenvalue weighted by molar-refractivity contribution is -0.149. The molecule has 21 heavy (non-hydrogen) atoms. The molecule has 1 aromatic carbocycles. The molecule has 0 bridgehead atoms. The SMILES string of the molecule is Cc1cc(Br)ccc1NC(=S)N(C)/N=C/C(C)C(F)(F)F. The lowest BCUT2D eigenvalue weighted by Gasteiger charge is -2.18. The molecule has 0 saturated carbocycles. The number of alkyl halides is 3. The lowest BCUT2D eigenvalue weighted by Crippen LogP contribution is -2.28. The molecule has 1 N–H and O–H groups in total. The van der Waals surface area contributed by atoms with Gasteiger partial charge in [0.2, 0.25) is 0 Å². The van der Waals surface area contributed by atoms with Gasteiger partial charge < -0.3 is 5.32 Å². The minimum absolute atomic E-state index is 0.214. The van der Waals surface area contributed by atoms with Gasteiger partial charge in [-0.15, -0.1) is 0 Å². The van der Waals surface area contributed by atoms with E-state index in [1.54, 1.807) is 0 Å². The molecule has 0 aliphatic heterocycles. The van der Waals surface area contributed by atoms with Crippen LogP contribution in [0.3, 0.4) is 0 Å². The number of nitrogens with one attached hydrogen (secondary N) is 1. The molecule has 0 amide bonds. The van der Waals surface area contributed by atoms with E-state index in [0.29, 0.717) is 0 Å². The van der Waals surface area contributed by atoms with Crippen molar-refractivity contribution >= 4 is 45.2 Å². The third-order valence-electron chi connectivity index (χ3n) is 2.70. The van der Waals surface area contributed by atoms with Gasteiger partial charge in [0.1, 0.15) is 0 Å². The van der Waals surface area contributed by atoms with Crippen LogP contribution < -0.4 is 5.32 Å². The van der Waals surface area contributed by atoms with Crippen LogP contribution in [0.2, 0.25) is 0 Å². The third kappa shape index (κ3) is 5.62. The number of hydrazone groups is 1. The van der Waals surface area contributed by atoms with E-state index in [1.165, 1.54) is 12.1 Å². The van der Waals surface area contributed by atoms with E-state index in [-0.39, 0.29) is 5.11 Å². The first-order valence-corrected chi connectivity index (χ1v) is 7.23. The molecule has 0 saturated heterocycles. The molecule has 0 aliphatic carbocycles. The molecule has 116 valence electrons. The number of benzene rings is 1. The van der Waals surface area contributed by atoms with Crippen LogP contribution in [0.25, 0.3) is 0 Å². The summed E-state index contributed by atoms with van der Waals surface area (Å²) in [6.45, 7) is 2.93. The highest BCUT2D eigenvalue weighted by molar-refractivity contribution is 9.10. The zero-order valence-corrected chi connectivity index (χ0v) is 14.1. The van der Waals surface area contributed by atoms with Gasteiger partial charge in [-0.1, -0.05) is 15.9 Å². The Balaban J connectivity index is 2.69. The monoisotopic (exact) mass is 381 g/mol. The van der Waals surface area contributed by atoms with Crippen molar-refractivity contribution in [2.75, 3.05) is 12.4 Å². The molecule has 0 spiro atoms. The molecule has 0 radical (unpaired) electrons. The number of thiocarbonyl (C=S) groups is 1. The maximum absolute atomic E-state index is 12.4. The van der Waals surface area contributed by atoms with Gasteiger partial charge in [-0.05, 0) is 49.8 Å². The molecule has 1 unspecified atom stereocenters. The summed E-state index contributed by atoms with van der Waals surface area (Å²) >= 11 is 8.45. The maximum Gasteiger partial charge on any atom is 0.396 e. The van der Waals surface area contributed by atoms with E-state index in [9.17, 15) is 13.2 Å². The Bertz CT molecular complexity index is 546. The number of halogens is 4. The van der Waals surface area contributed by atoms with Crippen molar-refractivity contribution in [2.24, 2.45) is 11.0 Å². The van der Waals surface area contributed by atoms with Crippen molar-refractivity contribution in [3.05, 3.63) is 28.2 Å². The van der Waals surface area contributed by atoms with Gasteiger partial charge in [-0.2, -0.15) is 18.3 Å². The molecule has 0 heterocycles. The Morgan fingerprint density at radius 3 is 2.62 bits per heavy atom. The molecule has 1 aromatic rings. The zero-order chi connectivity index (χ0) is 16.2. The Kier molecular flexibility index (Phi) is 6.15. The van der Waals surface area contributed by atoms with Crippen LogP contribution >= 0.6 is 28.1 Å². The van der Waals surface area contributed by atoms with E-state index < -0.39 is 12.1 Å². The third-order valence-corrected chi connectivity index (χ3v) is 3.56. The van der Waals surface area contributed by atoms with Crippen molar-refractivity contribution in [1.82, 2.24) is 5.01 Å². The van der Waals surface area contributed by atoms with Crippen molar-refractivity contribution in [1.29, 1.82) is 0 Å². The van der Waals surface area contributed by atoms with Crippen molar-refractivity contribution in [2.45, 2.75) is 20.0 Å². The molecule has 0 aliphatic rings. The van der Waals surface area contributed by atoms with Gasteiger partial charge in [0.05, 0.1) is 5.92 Å². The van der Waals surface area contributed by atoms with Gasteiger partial charge in [-0.25, -0.2) is 5.01 Å². The summed E-state index contributed by atoms with van der Waals surface area (Å²) in [5.74, 6) is -1.63. The van der Waals surface area contributed by atoms with Gasteiger partial charge in [0.15, 0.2) is 5.11 Å². The molecule has 1 atom stereocenters. The lowest BCUT2D eigenvalue weighted by atomic mass is 10.2. The van der Waals surface area contributed by atoms with E-state index in [1.807, 2.05) is 25.1 Å². The summed E-state index contributed by atoms with van der Waals surface area (Å²) in [5.41, 5.74) is 1.72. The number of aryl methyl sites for hydroxylation is 1. The van der Waals surface area contributed by atoms with Crippen LogP contribution in [0.4, 0.5) is 18.9 Å². The molecule has 8 heteroatoms. The average molecular weight is 382 g/mol. The number of hydrogen-bond acceptors (Lipinski definition) is 2. The second-order valence-electron chi connectivity index (χ2n) is 4.51. The minimum Gasteiger partial charge on any atom is -0.331 e. The molecule has 3 nitrogen and oxygen atoms in total. The van der Waals surface area contributed by atoms with Gasteiger partial charge in [0.25, 0.3) is 0 Å². The van der Waals surface area contributed by atoms with E-state index >= 15 is 0 Å². The summed E-state index contributed by atoms with van der Waals surface area (Å²) in [6.07, 6.45) is -3.48. The zero-order valence-electron chi connectivity index (χ0n) is 11.7. The normalized spacial score (nSPS) is 13.3. The van der Waals surface area contributed by atoms with Gasteiger partial charge in [-0.3, -0.25) is 0 Å². The first-order valence-electron chi connectivity index (χ1n) is 6.03. The fourth-order valence-corrected chi connectivity index (χ4v) is 1.93. The standard InChI is InChI=1S/C13H15BrF3N3S/c1-8-6-10(14)4-5-11(8)19-12(21)20(3)18-7-9(2)13(15,16)17/h4-7,9H,1-3H3,(H,19,21)/b18-7+.